The van der Waals surface area contributed by atoms with E-state index in [4.69, 9.17) is 0 Å². The molecule has 2 N–H and O–H groups in total. The Kier molecular flexibility index (Phi) is 3.56. The van der Waals surface area contributed by atoms with Crippen molar-refractivity contribution in [1.82, 2.24) is 0 Å². The molecule has 0 aromatic heterocycles. The molecule has 2 aromatic carbocycles. The molecular formula is C16H18O2. The second-order valence-electron chi connectivity index (χ2n) is 4.36. The highest BCUT2D eigenvalue weighted by molar-refractivity contribution is 5.76. The maximum absolute atomic E-state index is 10.4. The smallest absolute Gasteiger partial charge is 0.126 e. The summed E-state index contributed by atoms with van der Waals surface area (Å²) in [5.41, 5.74) is 3.73. The standard InChI is InChI=1S/C16H18O2/c1-3-11-8-9-12(4-2)16(18)15(11)13-6-5-7-14(17)10-13/h5-10,17-18H,3-4H2,1-2H3. The predicted molar refractivity (Wildman–Crippen MR) is 74.0 cm³/mol. The summed E-state index contributed by atoms with van der Waals surface area (Å²) in [6.07, 6.45) is 1.64. The number of phenols is 2. The van der Waals surface area contributed by atoms with Crippen molar-refractivity contribution in [3.05, 3.63) is 47.5 Å². The molecule has 0 bridgehead atoms. The van der Waals surface area contributed by atoms with Gasteiger partial charge in [-0.05, 0) is 41.7 Å². The first kappa shape index (κ1) is 12.5. The van der Waals surface area contributed by atoms with Crippen LogP contribution in [0, 0.1) is 0 Å². The second kappa shape index (κ2) is 5.13. The molecule has 0 unspecified atom stereocenters. The third-order valence-corrected chi connectivity index (χ3v) is 3.24. The maximum atomic E-state index is 10.4. The fourth-order valence-corrected chi connectivity index (χ4v) is 2.24. The van der Waals surface area contributed by atoms with Crippen LogP contribution in [0.15, 0.2) is 36.4 Å². The summed E-state index contributed by atoms with van der Waals surface area (Å²) in [5, 5.41) is 19.9. The molecule has 2 nitrogen and oxygen atoms in total. The number of rotatable bonds is 3. The van der Waals surface area contributed by atoms with E-state index < -0.39 is 0 Å². The summed E-state index contributed by atoms with van der Waals surface area (Å²) in [7, 11) is 0. The third-order valence-electron chi connectivity index (χ3n) is 3.24. The number of phenolic OH excluding ortho intramolecular Hbond substituents is 2. The van der Waals surface area contributed by atoms with Crippen LogP contribution in [0.4, 0.5) is 0 Å². The van der Waals surface area contributed by atoms with Gasteiger partial charge < -0.3 is 10.2 Å². The highest BCUT2D eigenvalue weighted by Crippen LogP contribution is 2.37. The fraction of sp³-hybridized carbons (Fsp3) is 0.250. The van der Waals surface area contributed by atoms with E-state index in [0.29, 0.717) is 5.75 Å². The second-order valence-corrected chi connectivity index (χ2v) is 4.36. The van der Waals surface area contributed by atoms with Crippen LogP contribution in [0.2, 0.25) is 0 Å². The zero-order valence-electron chi connectivity index (χ0n) is 10.8. The lowest BCUT2D eigenvalue weighted by Crippen LogP contribution is -1.92. The van der Waals surface area contributed by atoms with E-state index in [1.54, 1.807) is 18.2 Å². The lowest BCUT2D eigenvalue weighted by atomic mass is 9.93. The van der Waals surface area contributed by atoms with Crippen LogP contribution in [-0.4, -0.2) is 10.2 Å². The first-order chi connectivity index (χ1) is 8.67. The van der Waals surface area contributed by atoms with Crippen LogP contribution in [-0.2, 0) is 12.8 Å². The summed E-state index contributed by atoms with van der Waals surface area (Å²) in [4.78, 5) is 0. The van der Waals surface area contributed by atoms with E-state index in [2.05, 4.69) is 13.0 Å². The zero-order chi connectivity index (χ0) is 13.1. The van der Waals surface area contributed by atoms with Gasteiger partial charge in [0, 0.05) is 5.56 Å². The van der Waals surface area contributed by atoms with Gasteiger partial charge in [0.1, 0.15) is 11.5 Å². The van der Waals surface area contributed by atoms with Gasteiger partial charge in [-0.3, -0.25) is 0 Å². The monoisotopic (exact) mass is 242 g/mol. The minimum Gasteiger partial charge on any atom is -0.508 e. The van der Waals surface area contributed by atoms with Crippen LogP contribution in [0.3, 0.4) is 0 Å². The molecule has 0 spiro atoms. The van der Waals surface area contributed by atoms with Crippen molar-refractivity contribution in [2.75, 3.05) is 0 Å². The van der Waals surface area contributed by atoms with Gasteiger partial charge in [0.2, 0.25) is 0 Å². The largest absolute Gasteiger partial charge is 0.508 e. The normalized spacial score (nSPS) is 10.6. The summed E-state index contributed by atoms with van der Waals surface area (Å²) in [5.74, 6) is 0.554. The Balaban J connectivity index is 2.68. The molecule has 0 aliphatic rings. The number of aromatic hydroxyl groups is 2. The van der Waals surface area contributed by atoms with Crippen molar-refractivity contribution in [3.63, 3.8) is 0 Å². The first-order valence-electron chi connectivity index (χ1n) is 6.30. The topological polar surface area (TPSA) is 40.5 Å². The van der Waals surface area contributed by atoms with E-state index in [9.17, 15) is 10.2 Å². The average molecular weight is 242 g/mol. The molecule has 2 rings (SSSR count). The Labute approximate surface area is 108 Å². The van der Waals surface area contributed by atoms with Crippen LogP contribution < -0.4 is 0 Å². The summed E-state index contributed by atoms with van der Waals surface area (Å²) in [6.45, 7) is 4.08. The van der Waals surface area contributed by atoms with Gasteiger partial charge in [0.15, 0.2) is 0 Å². The van der Waals surface area contributed by atoms with Crippen molar-refractivity contribution >= 4 is 0 Å². The number of hydrogen-bond acceptors (Lipinski definition) is 2. The molecule has 0 saturated carbocycles. The first-order valence-corrected chi connectivity index (χ1v) is 6.30. The zero-order valence-corrected chi connectivity index (χ0v) is 10.8. The van der Waals surface area contributed by atoms with Gasteiger partial charge in [-0.25, -0.2) is 0 Å². The van der Waals surface area contributed by atoms with Crippen molar-refractivity contribution in [1.29, 1.82) is 0 Å². The Morgan fingerprint density at radius 2 is 1.56 bits per heavy atom. The third kappa shape index (κ3) is 2.19. The number of benzene rings is 2. The van der Waals surface area contributed by atoms with Gasteiger partial charge in [-0.1, -0.05) is 38.1 Å². The van der Waals surface area contributed by atoms with Gasteiger partial charge in [-0.2, -0.15) is 0 Å². The van der Waals surface area contributed by atoms with Gasteiger partial charge in [0.25, 0.3) is 0 Å². The SMILES string of the molecule is CCc1ccc(CC)c(-c2cccc(O)c2)c1O. The van der Waals surface area contributed by atoms with E-state index in [1.165, 1.54) is 0 Å². The quantitative estimate of drug-likeness (QED) is 0.857. The molecule has 2 aromatic rings. The fourth-order valence-electron chi connectivity index (χ4n) is 2.24. The highest BCUT2D eigenvalue weighted by atomic mass is 16.3. The molecule has 94 valence electrons. The highest BCUT2D eigenvalue weighted by Gasteiger charge is 2.13. The summed E-state index contributed by atoms with van der Waals surface area (Å²) in [6, 6.07) is 11.1. The minimum absolute atomic E-state index is 0.218. The Bertz CT molecular complexity index is 559. The van der Waals surface area contributed by atoms with Gasteiger partial charge in [-0.15, -0.1) is 0 Å². The van der Waals surface area contributed by atoms with Crippen molar-refractivity contribution in [2.45, 2.75) is 26.7 Å². The van der Waals surface area contributed by atoms with Crippen LogP contribution >= 0.6 is 0 Å². The maximum Gasteiger partial charge on any atom is 0.126 e. The van der Waals surface area contributed by atoms with Crippen LogP contribution in [0.1, 0.15) is 25.0 Å². The molecule has 18 heavy (non-hydrogen) atoms. The molecular weight excluding hydrogens is 224 g/mol. The molecule has 2 heteroatoms. The molecule has 0 amide bonds. The lowest BCUT2D eigenvalue weighted by Gasteiger charge is -2.14. The van der Waals surface area contributed by atoms with Crippen LogP contribution in [0.25, 0.3) is 11.1 Å². The predicted octanol–water partition coefficient (Wildman–Crippen LogP) is 3.89. The average Bonchev–Trinajstić information content (AvgIpc) is 2.38. The van der Waals surface area contributed by atoms with Gasteiger partial charge >= 0.3 is 0 Å². The van der Waals surface area contributed by atoms with E-state index >= 15 is 0 Å². The summed E-state index contributed by atoms with van der Waals surface area (Å²) < 4.78 is 0. The minimum atomic E-state index is 0.218. The Morgan fingerprint density at radius 3 is 2.17 bits per heavy atom. The van der Waals surface area contributed by atoms with Gasteiger partial charge in [0.05, 0.1) is 0 Å². The summed E-state index contributed by atoms with van der Waals surface area (Å²) >= 11 is 0. The van der Waals surface area contributed by atoms with E-state index in [1.807, 2.05) is 19.1 Å². The molecule has 0 heterocycles. The molecule has 0 fully saturated rings. The van der Waals surface area contributed by atoms with Crippen molar-refractivity contribution < 1.29 is 10.2 Å². The number of hydrogen-bond donors (Lipinski definition) is 2. The van der Waals surface area contributed by atoms with E-state index in [-0.39, 0.29) is 5.75 Å². The van der Waals surface area contributed by atoms with Crippen molar-refractivity contribution in [2.24, 2.45) is 0 Å². The molecule has 0 atom stereocenters. The molecule has 0 saturated heterocycles. The number of aryl methyl sites for hydroxylation is 2. The molecule has 0 aliphatic carbocycles. The van der Waals surface area contributed by atoms with E-state index in [0.717, 1.165) is 35.1 Å². The van der Waals surface area contributed by atoms with Crippen molar-refractivity contribution in [3.8, 4) is 22.6 Å². The lowest BCUT2D eigenvalue weighted by molar-refractivity contribution is 0.469. The van der Waals surface area contributed by atoms with Crippen LogP contribution in [0.5, 0.6) is 11.5 Å². The molecule has 0 radical (unpaired) electrons. The molecule has 0 aliphatic heterocycles. The Morgan fingerprint density at radius 1 is 0.889 bits per heavy atom. The Hall–Kier alpha value is -1.96.